The third kappa shape index (κ3) is 2.67. The summed E-state index contributed by atoms with van der Waals surface area (Å²) in [5, 5.41) is 12.8. The molecule has 7 heteroatoms. The van der Waals surface area contributed by atoms with Gasteiger partial charge in [0.2, 0.25) is 0 Å². The number of halogens is 1. The van der Waals surface area contributed by atoms with E-state index < -0.39 is 0 Å². The number of aliphatic hydroxyl groups is 1. The van der Waals surface area contributed by atoms with Crippen LogP contribution in [0.25, 0.3) is 0 Å². The van der Waals surface area contributed by atoms with E-state index in [2.05, 4.69) is 25.9 Å². The predicted molar refractivity (Wildman–Crippen MR) is 66.3 cm³/mol. The molecule has 0 aliphatic carbocycles. The van der Waals surface area contributed by atoms with E-state index in [1.807, 2.05) is 0 Å². The topological polar surface area (TPSA) is 67.6 Å². The zero-order valence-electron chi connectivity index (χ0n) is 9.30. The van der Waals surface area contributed by atoms with Crippen LogP contribution in [0.1, 0.15) is 0 Å². The second-order valence-electron chi connectivity index (χ2n) is 3.70. The molecule has 0 amide bonds. The first-order chi connectivity index (χ1) is 8.24. The highest BCUT2D eigenvalue weighted by atomic mass is 79.9. The second-order valence-corrected chi connectivity index (χ2v) is 4.49. The molecule has 1 fully saturated rings. The summed E-state index contributed by atoms with van der Waals surface area (Å²) in [6.07, 6.45) is 1.65. The van der Waals surface area contributed by atoms with Gasteiger partial charge in [0.05, 0.1) is 38.2 Å². The fourth-order valence-corrected chi connectivity index (χ4v) is 2.29. The van der Waals surface area contributed by atoms with Crippen molar-refractivity contribution in [3.8, 4) is 0 Å². The molecule has 6 nitrogen and oxygen atoms in total. The molecule has 0 unspecified atom stereocenters. The minimum absolute atomic E-state index is 0.101. The van der Waals surface area contributed by atoms with E-state index >= 15 is 0 Å². The molecule has 1 aromatic heterocycles. The molecule has 1 saturated heterocycles. The summed E-state index contributed by atoms with van der Waals surface area (Å²) in [7, 11) is 0. The van der Waals surface area contributed by atoms with Crippen LogP contribution >= 0.6 is 15.9 Å². The Hall–Kier alpha value is -0.920. The van der Waals surface area contributed by atoms with Gasteiger partial charge in [-0.15, -0.1) is 0 Å². The molecule has 94 valence electrons. The van der Waals surface area contributed by atoms with E-state index in [9.17, 15) is 4.79 Å². The maximum Gasteiger partial charge on any atom is 0.283 e. The van der Waals surface area contributed by atoms with Crippen LogP contribution in [0, 0.1) is 0 Å². The smallest absolute Gasteiger partial charge is 0.283 e. The van der Waals surface area contributed by atoms with Crippen molar-refractivity contribution in [2.45, 2.75) is 6.54 Å². The maximum absolute atomic E-state index is 11.9. The SMILES string of the molecule is O=c1c(Br)c(N2CCOCC2)cnn1CCO. The highest BCUT2D eigenvalue weighted by Crippen LogP contribution is 2.22. The van der Waals surface area contributed by atoms with Gasteiger partial charge in [0, 0.05) is 13.1 Å². The van der Waals surface area contributed by atoms with Crippen molar-refractivity contribution in [3.63, 3.8) is 0 Å². The van der Waals surface area contributed by atoms with Gasteiger partial charge in [-0.05, 0) is 15.9 Å². The Morgan fingerprint density at radius 3 is 2.82 bits per heavy atom. The number of hydrogen-bond donors (Lipinski definition) is 1. The number of hydrogen-bond acceptors (Lipinski definition) is 5. The molecule has 0 bridgehead atoms. The van der Waals surface area contributed by atoms with Gasteiger partial charge in [0.25, 0.3) is 5.56 Å². The summed E-state index contributed by atoms with van der Waals surface area (Å²) in [4.78, 5) is 14.0. The van der Waals surface area contributed by atoms with Gasteiger partial charge in [-0.2, -0.15) is 5.10 Å². The monoisotopic (exact) mass is 303 g/mol. The predicted octanol–water partition coefficient (Wildman–Crippen LogP) is -0.165. The fourth-order valence-electron chi connectivity index (χ4n) is 1.74. The van der Waals surface area contributed by atoms with E-state index in [4.69, 9.17) is 9.84 Å². The van der Waals surface area contributed by atoms with Crippen molar-refractivity contribution < 1.29 is 9.84 Å². The molecule has 1 aliphatic rings. The largest absolute Gasteiger partial charge is 0.394 e. The number of aliphatic hydroxyl groups excluding tert-OH is 1. The molecular formula is C10H14BrN3O3. The lowest BCUT2D eigenvalue weighted by Gasteiger charge is -2.29. The Kier molecular flexibility index (Phi) is 4.14. The van der Waals surface area contributed by atoms with Crippen molar-refractivity contribution in [1.29, 1.82) is 0 Å². The van der Waals surface area contributed by atoms with Crippen molar-refractivity contribution in [2.75, 3.05) is 37.8 Å². The number of rotatable bonds is 3. The molecule has 0 saturated carbocycles. The number of nitrogens with zero attached hydrogens (tertiary/aromatic N) is 3. The third-order valence-electron chi connectivity index (χ3n) is 2.63. The first-order valence-corrected chi connectivity index (χ1v) is 6.22. The lowest BCUT2D eigenvalue weighted by molar-refractivity contribution is 0.122. The molecule has 1 aliphatic heterocycles. The Bertz CT molecular complexity index is 443. The van der Waals surface area contributed by atoms with E-state index in [0.29, 0.717) is 17.7 Å². The fraction of sp³-hybridized carbons (Fsp3) is 0.600. The number of morpholine rings is 1. The van der Waals surface area contributed by atoms with Crippen molar-refractivity contribution >= 4 is 21.6 Å². The number of aromatic nitrogens is 2. The molecule has 0 spiro atoms. The third-order valence-corrected chi connectivity index (χ3v) is 3.38. The van der Waals surface area contributed by atoms with Crippen molar-refractivity contribution in [3.05, 3.63) is 21.0 Å². The second kappa shape index (κ2) is 5.61. The van der Waals surface area contributed by atoms with Gasteiger partial charge < -0.3 is 14.7 Å². The zero-order chi connectivity index (χ0) is 12.3. The molecule has 0 aromatic carbocycles. The number of anilines is 1. The van der Waals surface area contributed by atoms with Gasteiger partial charge in [0.1, 0.15) is 4.47 Å². The highest BCUT2D eigenvalue weighted by Gasteiger charge is 2.17. The summed E-state index contributed by atoms with van der Waals surface area (Å²) < 4.78 is 6.99. The van der Waals surface area contributed by atoms with Crippen LogP contribution in [0.5, 0.6) is 0 Å². The molecule has 2 heterocycles. The Labute approximate surface area is 107 Å². The van der Waals surface area contributed by atoms with Crippen molar-refractivity contribution in [1.82, 2.24) is 9.78 Å². The molecule has 17 heavy (non-hydrogen) atoms. The summed E-state index contributed by atoms with van der Waals surface area (Å²) in [5.74, 6) is 0. The van der Waals surface area contributed by atoms with Crippen molar-refractivity contribution in [2.24, 2.45) is 0 Å². The molecular weight excluding hydrogens is 290 g/mol. The van der Waals surface area contributed by atoms with Crippen LogP contribution in [-0.4, -0.2) is 47.8 Å². The van der Waals surface area contributed by atoms with Gasteiger partial charge in [0.15, 0.2) is 0 Å². The van der Waals surface area contributed by atoms with E-state index in [0.717, 1.165) is 18.8 Å². The Morgan fingerprint density at radius 2 is 2.18 bits per heavy atom. The average Bonchev–Trinajstić information content (AvgIpc) is 2.36. The standard InChI is InChI=1S/C10H14BrN3O3/c11-9-8(13-2-5-17-6-3-13)7-12-14(1-4-15)10(9)16/h7,15H,1-6H2. The van der Waals surface area contributed by atoms with Gasteiger partial charge in [-0.1, -0.05) is 0 Å². The van der Waals surface area contributed by atoms with Crippen LogP contribution in [0.3, 0.4) is 0 Å². The molecule has 1 aromatic rings. The van der Waals surface area contributed by atoms with Crippen LogP contribution < -0.4 is 10.5 Å². The summed E-state index contributed by atoms with van der Waals surface area (Å²) >= 11 is 3.30. The van der Waals surface area contributed by atoms with Crippen LogP contribution in [0.2, 0.25) is 0 Å². The van der Waals surface area contributed by atoms with Gasteiger partial charge in [-0.25, -0.2) is 4.68 Å². The van der Waals surface area contributed by atoms with Crippen LogP contribution in [0.4, 0.5) is 5.69 Å². The maximum atomic E-state index is 11.9. The first-order valence-electron chi connectivity index (χ1n) is 5.43. The van der Waals surface area contributed by atoms with Crippen LogP contribution in [0.15, 0.2) is 15.5 Å². The summed E-state index contributed by atoms with van der Waals surface area (Å²) in [5.41, 5.74) is 0.565. The highest BCUT2D eigenvalue weighted by molar-refractivity contribution is 9.10. The van der Waals surface area contributed by atoms with Gasteiger partial charge >= 0.3 is 0 Å². The normalized spacial score (nSPS) is 16.2. The minimum atomic E-state index is -0.219. The minimum Gasteiger partial charge on any atom is -0.394 e. The lowest BCUT2D eigenvalue weighted by atomic mass is 10.3. The summed E-state index contributed by atoms with van der Waals surface area (Å²) in [6, 6.07) is 0. The lowest BCUT2D eigenvalue weighted by Crippen LogP contribution is -2.38. The average molecular weight is 304 g/mol. The Balaban J connectivity index is 2.29. The molecule has 0 radical (unpaired) electrons. The molecule has 0 atom stereocenters. The van der Waals surface area contributed by atoms with Gasteiger partial charge in [-0.3, -0.25) is 4.79 Å². The molecule has 1 N–H and O–H groups in total. The number of ether oxygens (including phenoxy) is 1. The quantitative estimate of drug-likeness (QED) is 0.840. The van der Waals surface area contributed by atoms with E-state index in [1.54, 1.807) is 6.20 Å². The summed E-state index contributed by atoms with van der Waals surface area (Å²) in [6.45, 7) is 2.93. The van der Waals surface area contributed by atoms with E-state index in [1.165, 1.54) is 4.68 Å². The van der Waals surface area contributed by atoms with E-state index in [-0.39, 0.29) is 18.7 Å². The first kappa shape index (κ1) is 12.5. The molecule has 2 rings (SSSR count). The van der Waals surface area contributed by atoms with Crippen LogP contribution in [-0.2, 0) is 11.3 Å². The zero-order valence-corrected chi connectivity index (χ0v) is 10.9. The Morgan fingerprint density at radius 1 is 1.47 bits per heavy atom.